The molecule has 1 rings (SSSR count). The number of thioether (sulfide) groups is 1. The summed E-state index contributed by atoms with van der Waals surface area (Å²) in [5.41, 5.74) is 4.91. The molecular weight excluding hydrogens is 478 g/mol. The van der Waals surface area contributed by atoms with E-state index in [0.29, 0.717) is 5.75 Å². The highest BCUT2D eigenvalue weighted by molar-refractivity contribution is 7.99. The lowest BCUT2D eigenvalue weighted by Crippen LogP contribution is -2.42. The van der Waals surface area contributed by atoms with E-state index in [1.807, 2.05) is 20.8 Å². The van der Waals surface area contributed by atoms with Gasteiger partial charge in [0.2, 0.25) is 10.0 Å². The lowest BCUT2D eigenvalue weighted by molar-refractivity contribution is -0.138. The molecule has 0 amide bonds. The Balaban J connectivity index is 2.56. The van der Waals surface area contributed by atoms with E-state index < -0.39 is 22.0 Å². The Morgan fingerprint density at radius 3 is 2.03 bits per heavy atom. The van der Waals surface area contributed by atoms with E-state index in [1.165, 1.54) is 40.6 Å². The van der Waals surface area contributed by atoms with Gasteiger partial charge in [0, 0.05) is 11.5 Å². The molecule has 196 valence electrons. The minimum atomic E-state index is -3.92. The zero-order valence-electron chi connectivity index (χ0n) is 22.3. The highest BCUT2D eigenvalue weighted by atomic mass is 32.2. The predicted molar refractivity (Wildman–Crippen MR) is 150 cm³/mol. The highest BCUT2D eigenvalue weighted by Crippen LogP contribution is 2.23. The third-order valence-electron chi connectivity index (χ3n) is 5.58. The monoisotopic (exact) mass is 521 g/mol. The third kappa shape index (κ3) is 12.6. The fraction of sp³-hybridized carbons (Fsp3) is 0.536. The average molecular weight is 522 g/mol. The zero-order valence-corrected chi connectivity index (χ0v) is 24.0. The van der Waals surface area contributed by atoms with E-state index in [4.69, 9.17) is 0 Å². The summed E-state index contributed by atoms with van der Waals surface area (Å²) in [5, 5.41) is 9.54. The maximum Gasteiger partial charge on any atom is 0.322 e. The maximum atomic E-state index is 12.7. The topological polar surface area (TPSA) is 83.5 Å². The summed E-state index contributed by atoms with van der Waals surface area (Å²) in [6.07, 6.45) is 10.7. The van der Waals surface area contributed by atoms with Gasteiger partial charge in [0.25, 0.3) is 0 Å². The van der Waals surface area contributed by atoms with Crippen molar-refractivity contribution in [1.82, 2.24) is 4.72 Å². The quantitative estimate of drug-likeness (QED) is 0.206. The molecule has 1 aromatic carbocycles. The third-order valence-corrected chi connectivity index (χ3v) is 8.04. The number of carboxylic acids is 1. The summed E-state index contributed by atoms with van der Waals surface area (Å²) in [5.74, 6) is -0.385. The van der Waals surface area contributed by atoms with Crippen LogP contribution in [0, 0.1) is 0 Å². The first-order valence-corrected chi connectivity index (χ1v) is 14.7. The molecule has 0 radical (unpaired) electrons. The van der Waals surface area contributed by atoms with Crippen molar-refractivity contribution in [2.45, 2.75) is 90.5 Å². The minimum absolute atomic E-state index is 0.0710. The van der Waals surface area contributed by atoms with Crippen molar-refractivity contribution in [3.8, 4) is 0 Å². The number of aliphatic carboxylic acids is 1. The van der Waals surface area contributed by atoms with E-state index in [2.05, 4.69) is 50.6 Å². The normalized spacial score (nSPS) is 14.0. The number of carbonyl (C=O) groups is 1. The van der Waals surface area contributed by atoms with Gasteiger partial charge in [-0.1, -0.05) is 67.9 Å². The molecule has 0 saturated heterocycles. The number of hydrogen-bond acceptors (Lipinski definition) is 4. The van der Waals surface area contributed by atoms with Crippen LogP contribution in [0.25, 0.3) is 0 Å². The van der Waals surface area contributed by atoms with Gasteiger partial charge in [-0.15, -0.1) is 0 Å². The van der Waals surface area contributed by atoms with E-state index in [-0.39, 0.29) is 16.1 Å². The molecule has 2 N–H and O–H groups in total. The van der Waals surface area contributed by atoms with Crippen LogP contribution in [0.1, 0.15) is 79.7 Å². The van der Waals surface area contributed by atoms with Crippen LogP contribution in [0.4, 0.5) is 0 Å². The van der Waals surface area contributed by atoms with Crippen molar-refractivity contribution in [1.29, 1.82) is 0 Å². The number of nitrogens with one attached hydrogen (secondary N) is 1. The first-order chi connectivity index (χ1) is 16.2. The van der Waals surface area contributed by atoms with Crippen LogP contribution < -0.4 is 4.72 Å². The second-order valence-corrected chi connectivity index (χ2v) is 13.1. The highest BCUT2D eigenvalue weighted by Gasteiger charge is 2.25. The van der Waals surface area contributed by atoms with Crippen molar-refractivity contribution >= 4 is 27.8 Å². The molecule has 0 aromatic heterocycles. The van der Waals surface area contributed by atoms with Crippen LogP contribution in [0.15, 0.2) is 64.1 Å². The molecule has 0 aliphatic rings. The predicted octanol–water partition coefficient (Wildman–Crippen LogP) is 6.87. The van der Waals surface area contributed by atoms with Gasteiger partial charge in [0.15, 0.2) is 0 Å². The Morgan fingerprint density at radius 1 is 0.971 bits per heavy atom. The summed E-state index contributed by atoms with van der Waals surface area (Å²) in [6.45, 7) is 14.6. The van der Waals surface area contributed by atoms with Crippen LogP contribution in [-0.4, -0.2) is 37.0 Å². The molecule has 0 fully saturated rings. The zero-order chi connectivity index (χ0) is 26.6. The molecular formula is C28H43NO4S2. The van der Waals surface area contributed by atoms with Gasteiger partial charge in [-0.05, 0) is 76.5 Å². The van der Waals surface area contributed by atoms with E-state index in [0.717, 1.165) is 31.2 Å². The van der Waals surface area contributed by atoms with E-state index >= 15 is 0 Å². The summed E-state index contributed by atoms with van der Waals surface area (Å²) >= 11 is 1.41. The van der Waals surface area contributed by atoms with Gasteiger partial charge in [-0.3, -0.25) is 4.79 Å². The van der Waals surface area contributed by atoms with Gasteiger partial charge >= 0.3 is 5.97 Å². The van der Waals surface area contributed by atoms with Crippen molar-refractivity contribution in [2.24, 2.45) is 0 Å². The lowest BCUT2D eigenvalue weighted by Gasteiger charge is -2.19. The Morgan fingerprint density at radius 2 is 1.51 bits per heavy atom. The molecule has 7 heteroatoms. The second-order valence-electron chi connectivity index (χ2n) is 10.3. The molecule has 0 saturated carbocycles. The maximum absolute atomic E-state index is 12.7. The number of allylic oxidation sites excluding steroid dienone is 5. The molecule has 0 heterocycles. The first kappa shape index (κ1) is 31.2. The van der Waals surface area contributed by atoms with Crippen LogP contribution in [0.2, 0.25) is 0 Å². The van der Waals surface area contributed by atoms with Crippen molar-refractivity contribution in [3.05, 3.63) is 64.8 Å². The van der Waals surface area contributed by atoms with Gasteiger partial charge in [-0.25, -0.2) is 8.42 Å². The first-order valence-electron chi connectivity index (χ1n) is 12.1. The molecule has 0 aliphatic carbocycles. The number of hydrogen-bond donors (Lipinski definition) is 2. The standard InChI is InChI=1S/C28H43NO4S2/c1-21(2)10-8-11-22(3)12-9-13-23(4)18-19-34-20-26(27(30)31)29-35(32,33)25-16-14-24(15-17-25)28(5,6)7/h10,12,14-18,26,29H,8-9,11,13,19-20H2,1-7H3,(H,30,31)/b22-12+,23-18+/t26-/m0/s1. The van der Waals surface area contributed by atoms with Gasteiger partial charge in [-0.2, -0.15) is 16.5 Å². The summed E-state index contributed by atoms with van der Waals surface area (Å²) < 4.78 is 27.8. The Labute approximate surface area is 217 Å². The molecule has 35 heavy (non-hydrogen) atoms. The summed E-state index contributed by atoms with van der Waals surface area (Å²) in [7, 11) is -3.92. The second kappa shape index (κ2) is 14.7. The number of rotatable bonds is 14. The number of benzene rings is 1. The molecule has 0 unspecified atom stereocenters. The van der Waals surface area contributed by atoms with Gasteiger partial charge < -0.3 is 5.11 Å². The van der Waals surface area contributed by atoms with E-state index in [1.54, 1.807) is 12.1 Å². The Bertz CT molecular complexity index is 1010. The lowest BCUT2D eigenvalue weighted by atomic mass is 9.87. The van der Waals surface area contributed by atoms with Crippen LogP contribution in [-0.2, 0) is 20.2 Å². The van der Waals surface area contributed by atoms with Gasteiger partial charge in [0.05, 0.1) is 4.90 Å². The SMILES string of the molecule is CC(C)=CCC/C(C)=C/CC/C(C)=C/CSC[C@H](NS(=O)(=O)c1ccc(C(C)(C)C)cc1)C(=O)O. The van der Waals surface area contributed by atoms with Crippen molar-refractivity contribution in [2.75, 3.05) is 11.5 Å². The van der Waals surface area contributed by atoms with Crippen LogP contribution >= 0.6 is 11.8 Å². The Kier molecular flexibility index (Phi) is 13.1. The number of carboxylic acid groups (broad SMARTS) is 1. The van der Waals surface area contributed by atoms with Crippen LogP contribution in [0.5, 0.6) is 0 Å². The fourth-order valence-electron chi connectivity index (χ4n) is 3.27. The van der Waals surface area contributed by atoms with Gasteiger partial charge in [0.1, 0.15) is 6.04 Å². The number of sulfonamides is 1. The summed E-state index contributed by atoms with van der Waals surface area (Å²) in [6, 6.07) is 5.41. The average Bonchev–Trinajstić information content (AvgIpc) is 2.75. The smallest absolute Gasteiger partial charge is 0.322 e. The molecule has 0 spiro atoms. The molecule has 0 aliphatic heterocycles. The Hall–Kier alpha value is -1.83. The minimum Gasteiger partial charge on any atom is -0.480 e. The molecule has 5 nitrogen and oxygen atoms in total. The fourth-order valence-corrected chi connectivity index (χ4v) is 5.57. The van der Waals surface area contributed by atoms with E-state index in [9.17, 15) is 18.3 Å². The molecule has 1 atom stereocenters. The largest absolute Gasteiger partial charge is 0.480 e. The molecule has 1 aromatic rings. The van der Waals surface area contributed by atoms with Crippen LogP contribution in [0.3, 0.4) is 0 Å². The summed E-state index contributed by atoms with van der Waals surface area (Å²) in [4.78, 5) is 11.7. The van der Waals surface area contributed by atoms with Crippen molar-refractivity contribution < 1.29 is 18.3 Å². The molecule has 0 bridgehead atoms. The van der Waals surface area contributed by atoms with Crippen molar-refractivity contribution in [3.63, 3.8) is 0 Å².